The molecule has 1 atom stereocenters. The van der Waals surface area contributed by atoms with Crippen LogP contribution in [-0.4, -0.2) is 66.5 Å². The third-order valence-electron chi connectivity index (χ3n) is 4.83. The third kappa shape index (κ3) is 7.70. The average molecular weight is 466 g/mol. The Hall–Kier alpha value is -2.82. The van der Waals surface area contributed by atoms with Crippen molar-refractivity contribution < 1.29 is 27.5 Å². The molecule has 0 aliphatic rings. The minimum absolute atomic E-state index is 0.000884. The van der Waals surface area contributed by atoms with Gasteiger partial charge in [0.05, 0.1) is 19.4 Å². The van der Waals surface area contributed by atoms with Crippen molar-refractivity contribution in [3.63, 3.8) is 0 Å². The Bertz CT molecular complexity index is 1000. The fraction of sp³-hybridized carbons (Fsp3) is 0.364. The predicted octanol–water partition coefficient (Wildman–Crippen LogP) is 1.11. The summed E-state index contributed by atoms with van der Waals surface area (Å²) in [6.07, 6.45) is 1.02. The van der Waals surface area contributed by atoms with E-state index in [1.54, 1.807) is 30.3 Å². The number of hydrogen-bond acceptors (Lipinski definition) is 5. The van der Waals surface area contributed by atoms with Gasteiger partial charge in [-0.05, 0) is 30.2 Å². The lowest BCUT2D eigenvalue weighted by molar-refractivity contribution is -0.140. The van der Waals surface area contributed by atoms with E-state index in [9.17, 15) is 22.4 Å². The van der Waals surface area contributed by atoms with Crippen LogP contribution in [0, 0.1) is 5.82 Å². The van der Waals surface area contributed by atoms with Crippen LogP contribution in [0.15, 0.2) is 54.6 Å². The molecule has 2 amide bonds. The van der Waals surface area contributed by atoms with Gasteiger partial charge in [0.2, 0.25) is 21.8 Å². The van der Waals surface area contributed by atoms with Crippen LogP contribution in [0.25, 0.3) is 0 Å². The molecule has 0 aromatic heterocycles. The Balaban J connectivity index is 2.27. The minimum atomic E-state index is -3.73. The number of benzene rings is 2. The topological polar surface area (TPSA) is 107 Å². The van der Waals surface area contributed by atoms with Gasteiger partial charge in [-0.1, -0.05) is 42.5 Å². The molecule has 0 saturated carbocycles. The highest BCUT2D eigenvalue weighted by atomic mass is 32.2. The number of carbonyl (C=O) groups is 2. The van der Waals surface area contributed by atoms with E-state index in [0.29, 0.717) is 11.1 Å². The van der Waals surface area contributed by atoms with Crippen LogP contribution in [0.4, 0.5) is 4.39 Å². The molecule has 0 saturated heterocycles. The van der Waals surface area contributed by atoms with E-state index in [1.165, 1.54) is 36.1 Å². The summed E-state index contributed by atoms with van der Waals surface area (Å²) in [5, 5.41) is 11.5. The summed E-state index contributed by atoms with van der Waals surface area (Å²) >= 11 is 0. The summed E-state index contributed by atoms with van der Waals surface area (Å²) < 4.78 is 39.0. The lowest BCUT2D eigenvalue weighted by atomic mass is 10.1. The lowest BCUT2D eigenvalue weighted by Gasteiger charge is -2.31. The number of nitrogens with zero attached hydrogens (tertiary/aromatic N) is 2. The molecule has 2 aromatic rings. The molecular weight excluding hydrogens is 437 g/mol. The number of halogens is 1. The Morgan fingerprint density at radius 2 is 1.62 bits per heavy atom. The molecule has 0 radical (unpaired) electrons. The second-order valence-electron chi connectivity index (χ2n) is 7.36. The van der Waals surface area contributed by atoms with Crippen molar-refractivity contribution in [1.29, 1.82) is 0 Å². The number of aliphatic hydroxyl groups excluding tert-OH is 1. The summed E-state index contributed by atoms with van der Waals surface area (Å²) in [6.45, 7) is 0.786. The van der Waals surface area contributed by atoms with E-state index in [1.807, 2.05) is 0 Å². The summed E-state index contributed by atoms with van der Waals surface area (Å²) in [5.41, 5.74) is 1.29. The van der Waals surface area contributed by atoms with Crippen molar-refractivity contribution in [3.8, 4) is 0 Å². The van der Waals surface area contributed by atoms with Gasteiger partial charge in [0.1, 0.15) is 11.9 Å². The van der Waals surface area contributed by atoms with Gasteiger partial charge in [-0.3, -0.25) is 9.59 Å². The SMILES string of the molecule is CC(C(=O)NCCO)N(Cc1ccc(F)cc1)C(=O)CN(Cc1ccccc1)S(C)(=O)=O. The van der Waals surface area contributed by atoms with E-state index < -0.39 is 40.2 Å². The highest BCUT2D eigenvalue weighted by molar-refractivity contribution is 7.88. The lowest BCUT2D eigenvalue weighted by Crippen LogP contribution is -2.51. The maximum atomic E-state index is 13.3. The van der Waals surface area contributed by atoms with Crippen molar-refractivity contribution in [2.45, 2.75) is 26.1 Å². The van der Waals surface area contributed by atoms with E-state index in [-0.39, 0.29) is 26.2 Å². The molecule has 2 rings (SSSR count). The standard InChI is InChI=1S/C22H28FN3O5S/c1-17(22(29)24-12-13-27)26(15-19-8-10-20(23)11-9-19)21(28)16-25(32(2,30)31)14-18-6-4-3-5-7-18/h3-11,17,27H,12-16H2,1-2H3,(H,24,29). The zero-order valence-electron chi connectivity index (χ0n) is 18.1. The number of nitrogens with one attached hydrogen (secondary N) is 1. The normalized spacial score (nSPS) is 12.4. The average Bonchev–Trinajstić information content (AvgIpc) is 2.76. The molecule has 2 aromatic carbocycles. The van der Waals surface area contributed by atoms with Crippen LogP contribution in [0.3, 0.4) is 0 Å². The monoisotopic (exact) mass is 465 g/mol. The van der Waals surface area contributed by atoms with Gasteiger partial charge in [0.25, 0.3) is 0 Å². The highest BCUT2D eigenvalue weighted by Crippen LogP contribution is 2.14. The number of carbonyl (C=O) groups excluding carboxylic acids is 2. The maximum Gasteiger partial charge on any atom is 0.242 e. The maximum absolute atomic E-state index is 13.3. The Morgan fingerprint density at radius 3 is 2.19 bits per heavy atom. The molecule has 2 N–H and O–H groups in total. The van der Waals surface area contributed by atoms with Gasteiger partial charge in [0.15, 0.2) is 0 Å². The summed E-state index contributed by atoms with van der Waals surface area (Å²) in [4.78, 5) is 26.9. The molecule has 0 aliphatic carbocycles. The molecule has 0 heterocycles. The first-order valence-corrected chi connectivity index (χ1v) is 11.9. The zero-order valence-corrected chi connectivity index (χ0v) is 18.9. The quantitative estimate of drug-likeness (QED) is 0.517. The minimum Gasteiger partial charge on any atom is -0.395 e. The van der Waals surface area contributed by atoms with Gasteiger partial charge >= 0.3 is 0 Å². The van der Waals surface area contributed by atoms with Crippen LogP contribution in [-0.2, 0) is 32.7 Å². The van der Waals surface area contributed by atoms with Gasteiger partial charge < -0.3 is 15.3 Å². The van der Waals surface area contributed by atoms with Gasteiger partial charge in [-0.25, -0.2) is 12.8 Å². The first kappa shape index (κ1) is 25.4. The van der Waals surface area contributed by atoms with Gasteiger partial charge in [0, 0.05) is 19.6 Å². The number of sulfonamides is 1. The molecule has 0 bridgehead atoms. The first-order chi connectivity index (χ1) is 15.1. The predicted molar refractivity (Wildman–Crippen MR) is 118 cm³/mol. The smallest absolute Gasteiger partial charge is 0.242 e. The van der Waals surface area contributed by atoms with Crippen LogP contribution >= 0.6 is 0 Å². The number of hydrogen-bond donors (Lipinski definition) is 2. The van der Waals surface area contributed by atoms with E-state index in [0.717, 1.165) is 10.6 Å². The summed E-state index contributed by atoms with van der Waals surface area (Å²) in [5.74, 6) is -1.52. The summed E-state index contributed by atoms with van der Waals surface area (Å²) in [6, 6.07) is 13.4. The molecule has 0 aliphatic heterocycles. The molecule has 8 nitrogen and oxygen atoms in total. The Morgan fingerprint density at radius 1 is 1.03 bits per heavy atom. The van der Waals surface area contributed by atoms with E-state index in [2.05, 4.69) is 5.32 Å². The largest absolute Gasteiger partial charge is 0.395 e. The van der Waals surface area contributed by atoms with Crippen LogP contribution in [0.1, 0.15) is 18.1 Å². The van der Waals surface area contributed by atoms with E-state index >= 15 is 0 Å². The van der Waals surface area contributed by atoms with Crippen molar-refractivity contribution in [2.24, 2.45) is 0 Å². The van der Waals surface area contributed by atoms with Crippen molar-refractivity contribution in [3.05, 3.63) is 71.5 Å². The van der Waals surface area contributed by atoms with Crippen LogP contribution < -0.4 is 5.32 Å². The second kappa shape index (κ2) is 11.7. The number of rotatable bonds is 11. The van der Waals surface area contributed by atoms with Gasteiger partial charge in [-0.2, -0.15) is 4.31 Å². The fourth-order valence-corrected chi connectivity index (χ4v) is 3.74. The van der Waals surface area contributed by atoms with Crippen molar-refractivity contribution >= 4 is 21.8 Å². The first-order valence-electron chi connectivity index (χ1n) is 10.0. The van der Waals surface area contributed by atoms with Crippen molar-refractivity contribution in [1.82, 2.24) is 14.5 Å². The van der Waals surface area contributed by atoms with Crippen LogP contribution in [0.2, 0.25) is 0 Å². The Kier molecular flexibility index (Phi) is 9.30. The summed E-state index contributed by atoms with van der Waals surface area (Å²) in [7, 11) is -3.73. The third-order valence-corrected chi connectivity index (χ3v) is 6.02. The number of amides is 2. The molecule has 174 valence electrons. The second-order valence-corrected chi connectivity index (χ2v) is 9.34. The van der Waals surface area contributed by atoms with Crippen LogP contribution in [0.5, 0.6) is 0 Å². The number of aliphatic hydroxyl groups is 1. The fourth-order valence-electron chi connectivity index (χ4n) is 3.02. The zero-order chi connectivity index (χ0) is 23.7. The van der Waals surface area contributed by atoms with Crippen molar-refractivity contribution in [2.75, 3.05) is 26.0 Å². The van der Waals surface area contributed by atoms with Gasteiger partial charge in [-0.15, -0.1) is 0 Å². The Labute approximate surface area is 187 Å². The molecule has 32 heavy (non-hydrogen) atoms. The highest BCUT2D eigenvalue weighted by Gasteiger charge is 2.29. The molecule has 10 heteroatoms. The molecule has 1 unspecified atom stereocenters. The molecule has 0 spiro atoms. The molecular formula is C22H28FN3O5S. The molecule has 0 fully saturated rings. The van der Waals surface area contributed by atoms with E-state index in [4.69, 9.17) is 5.11 Å².